The molecule has 17 rings (SSSR count). The molecule has 2 N–H and O–H groups in total. The van der Waals surface area contributed by atoms with E-state index in [0.29, 0.717) is 27.8 Å². The highest BCUT2D eigenvalue weighted by Crippen LogP contribution is 2.28. The summed E-state index contributed by atoms with van der Waals surface area (Å²) in [5.41, 5.74) is 17.8. The Morgan fingerprint density at radius 3 is 1.17 bits per heavy atom. The maximum absolute atomic E-state index is 9.94. The molecule has 0 amide bonds. The first-order valence-corrected chi connectivity index (χ1v) is 38.3. The van der Waals surface area contributed by atoms with Gasteiger partial charge in [0.1, 0.15) is 30.4 Å². The topological polar surface area (TPSA) is 348 Å². The van der Waals surface area contributed by atoms with Crippen LogP contribution in [0.1, 0.15) is 96.5 Å². The third-order valence-corrected chi connectivity index (χ3v) is 17.1. The van der Waals surface area contributed by atoms with Crippen molar-refractivity contribution >= 4 is 40.0 Å². The molecule has 23 nitrogen and oxygen atoms in total. The molecule has 0 bridgehead atoms. The summed E-state index contributed by atoms with van der Waals surface area (Å²) >= 11 is 0. The Morgan fingerprint density at radius 1 is 0.352 bits per heavy atom. The Balaban J connectivity index is 0.000000169. The molecule has 0 aliphatic carbocycles. The van der Waals surface area contributed by atoms with Crippen molar-refractivity contribution in [1.29, 1.82) is 15.8 Å². The van der Waals surface area contributed by atoms with Gasteiger partial charge in [0.05, 0.1) is 32.6 Å². The number of aliphatic hydroxyl groups is 2. The Kier molecular flexibility index (Phi) is 41.1. The first kappa shape index (κ1) is 91.0. The van der Waals surface area contributed by atoms with Gasteiger partial charge in [0.15, 0.2) is 0 Å². The van der Waals surface area contributed by atoms with Crippen molar-refractivity contribution in [1.82, 2.24) is 74.8 Å². The molecule has 0 saturated carbocycles. The predicted octanol–water partition coefficient (Wildman–Crippen LogP) is 19.1. The fourth-order valence-corrected chi connectivity index (χ4v) is 10.8. The van der Waals surface area contributed by atoms with Gasteiger partial charge < -0.3 is 10.2 Å². The molecular formula is C99H87N19O4. The van der Waals surface area contributed by atoms with Crippen molar-refractivity contribution in [2.75, 3.05) is 0 Å². The van der Waals surface area contributed by atoms with Gasteiger partial charge in [-0.3, -0.25) is 84.9 Å². The summed E-state index contributed by atoms with van der Waals surface area (Å²) in [5, 5.41) is 57.4. The summed E-state index contributed by atoms with van der Waals surface area (Å²) in [7, 11) is 0. The summed E-state index contributed by atoms with van der Waals surface area (Å²) in [6, 6.07) is 73.9. The summed E-state index contributed by atoms with van der Waals surface area (Å²) in [5.74, 6) is 0. The summed E-state index contributed by atoms with van der Waals surface area (Å²) in [6.07, 6.45) is 58.3. The molecule has 2 aromatic carbocycles. The van der Waals surface area contributed by atoms with E-state index in [1.54, 1.807) is 142 Å². The lowest BCUT2D eigenvalue weighted by atomic mass is 10.0. The number of nitro groups is 1. The smallest absolute Gasteiger partial charge is 0.235 e. The highest BCUT2D eigenvalue weighted by atomic mass is 16.6. The van der Waals surface area contributed by atoms with Crippen molar-refractivity contribution in [3.05, 3.63) is 480 Å². The van der Waals surface area contributed by atoms with Gasteiger partial charge in [-0.15, -0.1) is 0 Å². The highest BCUT2D eigenvalue weighted by molar-refractivity contribution is 5.81. The Hall–Kier alpha value is -16.5. The predicted molar refractivity (Wildman–Crippen MR) is 475 cm³/mol. The zero-order chi connectivity index (χ0) is 85.9. The fraction of sp³-hybridized carbons (Fsp3) is 0.0909. The van der Waals surface area contributed by atoms with E-state index in [4.69, 9.17) is 15.8 Å². The molecule has 2 atom stereocenters. The second kappa shape index (κ2) is 55.1. The van der Waals surface area contributed by atoms with E-state index in [1.807, 2.05) is 184 Å². The molecule has 0 saturated heterocycles. The third kappa shape index (κ3) is 35.7. The number of hydrogen-bond acceptors (Lipinski definition) is 22. The number of nitrogens with zero attached hydrogens (tertiary/aromatic N) is 19. The van der Waals surface area contributed by atoms with E-state index in [9.17, 15) is 20.3 Å². The molecule has 0 spiro atoms. The largest absolute Gasteiger partial charge is 0.385 e. The maximum Gasteiger partial charge on any atom is 0.235 e. The van der Waals surface area contributed by atoms with E-state index in [0.717, 1.165) is 65.2 Å². The van der Waals surface area contributed by atoms with Crippen LogP contribution in [-0.4, -0.2) is 89.9 Å². The Morgan fingerprint density at radius 2 is 0.754 bits per heavy atom. The Labute approximate surface area is 709 Å². The SMILES string of the molecule is C(=C\c1ccncc1)/c1ccncc1.Cc1ccnc2ccccc12.Cc1cncc(C#N)c1.N#Cc1ccncc1C#N.O=[N+]([O-])/C=C/c1cccnc1.OC(c1ccncc1)C(O)c1ccncc1.c1cc(-c2ccncc2)ccn1.c1cc(CCCc2ccncc2)ccn1.c1cc(CCc2ccncc2)ccn1.c1ccc2ncccc2c1. The third-order valence-electron chi connectivity index (χ3n) is 17.1. The zero-order valence-electron chi connectivity index (χ0n) is 67.1. The van der Waals surface area contributed by atoms with Gasteiger partial charge >= 0.3 is 0 Å². The van der Waals surface area contributed by atoms with Crippen molar-refractivity contribution in [2.24, 2.45) is 0 Å². The maximum atomic E-state index is 9.94. The number of nitriles is 3. The minimum Gasteiger partial charge on any atom is -0.385 e. The zero-order valence-corrected chi connectivity index (χ0v) is 67.1. The first-order valence-electron chi connectivity index (χ1n) is 38.3. The van der Waals surface area contributed by atoms with Crippen molar-refractivity contribution < 1.29 is 15.1 Å². The van der Waals surface area contributed by atoms with Crippen LogP contribution in [0.25, 0.3) is 51.2 Å². The number of aryl methyl sites for hydroxylation is 6. The lowest BCUT2D eigenvalue weighted by molar-refractivity contribution is -0.400. The number of pyridine rings is 15. The number of para-hydroxylation sites is 2. The van der Waals surface area contributed by atoms with Crippen LogP contribution in [0.15, 0.2) is 392 Å². The van der Waals surface area contributed by atoms with Crippen LogP contribution in [0.3, 0.4) is 0 Å². The molecule has 0 fully saturated rings. The number of aliphatic hydroxyl groups excluding tert-OH is 2. The lowest BCUT2D eigenvalue weighted by Gasteiger charge is -2.17. The van der Waals surface area contributed by atoms with Gasteiger partial charge in [-0.2, -0.15) is 15.8 Å². The average Bonchev–Trinajstić information content (AvgIpc) is 0.904. The van der Waals surface area contributed by atoms with Crippen LogP contribution in [-0.2, 0) is 25.7 Å². The van der Waals surface area contributed by atoms with Crippen molar-refractivity contribution in [3.63, 3.8) is 0 Å². The number of fused-ring (bicyclic) bond motifs is 2. The molecule has 122 heavy (non-hydrogen) atoms. The first-order chi connectivity index (χ1) is 59.9. The standard InChI is InChI=1S/C13H14N2.C12H12N2O2.C12H12N2.C12H10N2.C10H8N2.C10H9N.C9H7N.C7H3N3.C7H6N2O2.C7H6N2/c1(2-12-4-8-14-9-5-12)3-13-6-10-15-11-7-13;15-11(9-1-5-13-6-2-9)12(16)10-3-7-14-8-4-10;2*1(11-3-7-13-8-4-11)2-12-5-9-14-10-6-12;1-5-11-6-2-9(1)10-3-7-12-8-4-10;1-8-6-7-11-10-5-3-2-4-9(8)10;1-2-6-9-8(4-1)5-3-7-10-9;8-3-6-1-2-10-5-7(6)4-9;10-9(11)5-3-7-2-1-4-8-6-7;1-6-2-7(3-8)5-9-4-6/h4-11H,1-3H2;1-8,11-12,15-16H;3-10H,1-2H2;1-10H;1-8H;2-7H,1H3;1-7H;1-2,5H;1-6H;2,4-5H,1H3/b;;;2-1+;;;;;5-3+;. The summed E-state index contributed by atoms with van der Waals surface area (Å²) < 4.78 is 0. The summed E-state index contributed by atoms with van der Waals surface area (Å²) in [6.45, 7) is 4.01. The lowest BCUT2D eigenvalue weighted by Crippen LogP contribution is -2.10. The molecule has 2 unspecified atom stereocenters. The molecule has 0 aliphatic rings. The number of benzene rings is 2. The average molecular weight is 1610 g/mol. The van der Waals surface area contributed by atoms with Crippen LogP contribution in [0.2, 0.25) is 0 Å². The van der Waals surface area contributed by atoms with Crippen molar-refractivity contribution in [3.8, 4) is 29.3 Å². The van der Waals surface area contributed by atoms with Gasteiger partial charge in [0, 0.05) is 190 Å². The normalized spacial score (nSPS) is 10.4. The second-order valence-electron chi connectivity index (χ2n) is 25.8. The molecule has 0 radical (unpaired) electrons. The molecule has 17 aromatic rings. The molecule has 602 valence electrons. The van der Waals surface area contributed by atoms with Crippen LogP contribution in [0.4, 0.5) is 0 Å². The number of hydrogen-bond donors (Lipinski definition) is 2. The van der Waals surface area contributed by atoms with E-state index in [1.165, 1.54) is 80.7 Å². The van der Waals surface area contributed by atoms with Crippen molar-refractivity contribution in [2.45, 2.75) is 58.2 Å². The number of rotatable bonds is 15. The van der Waals surface area contributed by atoms with Crippen LogP contribution >= 0.6 is 0 Å². The van der Waals surface area contributed by atoms with E-state index in [2.05, 4.69) is 161 Å². The highest BCUT2D eigenvalue weighted by Gasteiger charge is 2.20. The van der Waals surface area contributed by atoms with Gasteiger partial charge in [-0.1, -0.05) is 60.7 Å². The molecule has 15 aromatic heterocycles. The molecular weight excluding hydrogens is 1520 g/mol. The van der Waals surface area contributed by atoms with E-state index >= 15 is 0 Å². The van der Waals surface area contributed by atoms with Crippen LogP contribution < -0.4 is 0 Å². The molecule has 15 heterocycles. The fourth-order valence-electron chi connectivity index (χ4n) is 10.8. The van der Waals surface area contributed by atoms with Crippen LogP contribution in [0.5, 0.6) is 0 Å². The molecule has 0 aliphatic heterocycles. The second-order valence-corrected chi connectivity index (χ2v) is 25.8. The minimum absolute atomic E-state index is 0.324. The van der Waals surface area contributed by atoms with Gasteiger partial charge in [0.25, 0.3) is 0 Å². The molecule has 23 heteroatoms. The van der Waals surface area contributed by atoms with E-state index in [-0.39, 0.29) is 0 Å². The quantitative estimate of drug-likeness (QED) is 0.0711. The number of aromatic nitrogens is 15. The van der Waals surface area contributed by atoms with Gasteiger partial charge in [-0.25, -0.2) is 0 Å². The Bertz CT molecular complexity index is 5640. The van der Waals surface area contributed by atoms with E-state index < -0.39 is 17.1 Å². The summed E-state index contributed by atoms with van der Waals surface area (Å²) in [4.78, 5) is 68.6. The minimum atomic E-state index is -0.953. The van der Waals surface area contributed by atoms with Crippen LogP contribution in [0, 0.1) is 58.0 Å². The monoisotopic (exact) mass is 1610 g/mol. The van der Waals surface area contributed by atoms with Gasteiger partial charge in [0.2, 0.25) is 6.20 Å². The van der Waals surface area contributed by atoms with Gasteiger partial charge in [-0.05, 0) is 282 Å².